The molecule has 0 aliphatic heterocycles. The van der Waals surface area contributed by atoms with Crippen molar-refractivity contribution in [1.29, 1.82) is 0 Å². The lowest BCUT2D eigenvalue weighted by Crippen LogP contribution is -2.29. The van der Waals surface area contributed by atoms with E-state index in [9.17, 15) is 9.59 Å². The summed E-state index contributed by atoms with van der Waals surface area (Å²) in [5.74, 6) is -0.643. The summed E-state index contributed by atoms with van der Waals surface area (Å²) in [4.78, 5) is 25.4. The van der Waals surface area contributed by atoms with Crippen LogP contribution in [0.5, 0.6) is 0 Å². The molecule has 0 rings (SSSR count). The molecule has 0 aliphatic rings. The molecule has 396 valence electrons. The van der Waals surface area contributed by atoms with Gasteiger partial charge in [0.2, 0.25) is 0 Å². The van der Waals surface area contributed by atoms with Gasteiger partial charge in [0.15, 0.2) is 6.10 Å². The number of esters is 2. The van der Waals surface area contributed by atoms with Crippen molar-refractivity contribution in [2.45, 2.75) is 245 Å². The normalized spacial score (nSPS) is 13.2. The van der Waals surface area contributed by atoms with Crippen molar-refractivity contribution >= 4 is 11.9 Å². The highest BCUT2D eigenvalue weighted by atomic mass is 16.6. The number of allylic oxidation sites excluding steroid dienone is 21. The van der Waals surface area contributed by atoms with Gasteiger partial charge in [0.05, 0.1) is 13.0 Å². The molecular weight excluding hydrogens is 861 g/mol. The summed E-state index contributed by atoms with van der Waals surface area (Å²) < 4.78 is 17.3. The first-order valence-corrected chi connectivity index (χ1v) is 28.7. The lowest BCUT2D eigenvalue weighted by molar-refractivity contribution is -0.162. The van der Waals surface area contributed by atoms with Gasteiger partial charge in [0.25, 0.3) is 0 Å². The van der Waals surface area contributed by atoms with E-state index in [1.807, 2.05) is 18.2 Å². The molecule has 5 nitrogen and oxygen atoms in total. The van der Waals surface area contributed by atoms with Gasteiger partial charge in [-0.1, -0.05) is 276 Å². The Bertz CT molecular complexity index is 1470. The summed E-state index contributed by atoms with van der Waals surface area (Å²) in [5, 5.41) is 0. The Hall–Kier alpha value is -3.96. The van der Waals surface area contributed by atoms with E-state index >= 15 is 0 Å². The fraction of sp³-hybridized carbons (Fsp3) is 0.631. The standard InChI is InChI=1S/C65H106O5/c1-4-7-10-13-16-19-22-25-28-30-32-34-36-39-42-45-48-51-54-57-60-68-61-63(70-65(67)59-56-53-50-47-44-41-37-27-24-21-18-15-12-9-6-3)62-69-64(66)58-55-52-49-46-43-40-38-35-33-31-29-26-23-20-17-14-11-8-5-2/h8-9,11-12,17-18,20-21,26-27,29,33,35,37,40,43-44,47,49,52-53,56,63H,4-7,10,13-16,19,22-25,28,30-32,34,36,38-39,41-42,45-46,48,50-51,54-55,57-62H2,1-3H3/b11-8-,12-9-,20-17-,21-18-,29-26-,35-33-,37-27-,43-40-,47-44-,52-49-,56-53-. The molecule has 0 aromatic heterocycles. The second-order valence-electron chi connectivity index (χ2n) is 18.5. The lowest BCUT2D eigenvalue weighted by Gasteiger charge is -2.18. The van der Waals surface area contributed by atoms with Crippen LogP contribution in [0.3, 0.4) is 0 Å². The first-order chi connectivity index (χ1) is 34.6. The maximum absolute atomic E-state index is 12.8. The van der Waals surface area contributed by atoms with E-state index in [0.717, 1.165) is 83.5 Å². The maximum atomic E-state index is 12.8. The highest BCUT2D eigenvalue weighted by Gasteiger charge is 2.17. The smallest absolute Gasteiger partial charge is 0.310 e. The van der Waals surface area contributed by atoms with Gasteiger partial charge >= 0.3 is 11.9 Å². The van der Waals surface area contributed by atoms with Gasteiger partial charge in [0.1, 0.15) is 6.61 Å². The van der Waals surface area contributed by atoms with Crippen molar-refractivity contribution in [3.8, 4) is 0 Å². The van der Waals surface area contributed by atoms with Crippen molar-refractivity contribution in [3.05, 3.63) is 134 Å². The summed E-state index contributed by atoms with van der Waals surface area (Å²) in [5.41, 5.74) is 0. The molecule has 0 aliphatic carbocycles. The molecule has 0 fully saturated rings. The van der Waals surface area contributed by atoms with Crippen molar-refractivity contribution in [3.63, 3.8) is 0 Å². The Kier molecular flexibility index (Phi) is 56.0. The average Bonchev–Trinajstić information content (AvgIpc) is 3.36. The van der Waals surface area contributed by atoms with Crippen molar-refractivity contribution in [2.24, 2.45) is 0 Å². The third-order valence-corrected chi connectivity index (χ3v) is 11.7. The number of carbonyl (C=O) groups excluding carboxylic acids is 2. The zero-order chi connectivity index (χ0) is 50.6. The molecule has 0 aromatic carbocycles. The first-order valence-electron chi connectivity index (χ1n) is 28.7. The number of carbonyl (C=O) groups is 2. The predicted molar refractivity (Wildman–Crippen MR) is 306 cm³/mol. The molecule has 0 saturated heterocycles. The van der Waals surface area contributed by atoms with Crippen LogP contribution in [0, 0.1) is 0 Å². The molecule has 0 spiro atoms. The van der Waals surface area contributed by atoms with E-state index in [2.05, 4.69) is 136 Å². The largest absolute Gasteiger partial charge is 0.462 e. The highest BCUT2D eigenvalue weighted by Crippen LogP contribution is 2.15. The van der Waals surface area contributed by atoms with Crippen LogP contribution < -0.4 is 0 Å². The van der Waals surface area contributed by atoms with Gasteiger partial charge in [-0.05, 0) is 83.5 Å². The number of rotatable bonds is 51. The molecule has 0 heterocycles. The predicted octanol–water partition coefficient (Wildman–Crippen LogP) is 19.9. The fourth-order valence-corrected chi connectivity index (χ4v) is 7.55. The van der Waals surface area contributed by atoms with E-state index in [0.29, 0.717) is 13.0 Å². The summed E-state index contributed by atoms with van der Waals surface area (Å²) in [7, 11) is 0. The van der Waals surface area contributed by atoms with E-state index in [1.165, 1.54) is 116 Å². The average molecular weight is 968 g/mol. The molecule has 1 atom stereocenters. The Morgan fingerprint density at radius 2 is 0.657 bits per heavy atom. The summed E-state index contributed by atoms with van der Waals surface area (Å²) >= 11 is 0. The zero-order valence-corrected chi connectivity index (χ0v) is 45.5. The summed E-state index contributed by atoms with van der Waals surface area (Å²) in [6.45, 7) is 7.42. The number of unbranched alkanes of at least 4 members (excludes halogenated alkanes) is 19. The minimum atomic E-state index is -0.629. The Morgan fingerprint density at radius 1 is 0.343 bits per heavy atom. The third-order valence-electron chi connectivity index (χ3n) is 11.7. The van der Waals surface area contributed by atoms with E-state index in [-0.39, 0.29) is 38.0 Å². The van der Waals surface area contributed by atoms with Crippen LogP contribution in [-0.2, 0) is 23.8 Å². The SMILES string of the molecule is CC/C=C\C/C=C\C/C=C\C/C=C\C/C=C\C/C=C\CCC(=O)OCC(COCCCCCCCCCCCCCCCCCCCCCC)OC(=O)C/C=C\C/C=C\C/C=C\C/C=C\C/C=C\CC. The van der Waals surface area contributed by atoms with E-state index in [4.69, 9.17) is 14.2 Å². The summed E-state index contributed by atoms with van der Waals surface area (Å²) in [6, 6.07) is 0. The number of hydrogen-bond acceptors (Lipinski definition) is 5. The molecule has 5 heteroatoms. The Morgan fingerprint density at radius 3 is 1.01 bits per heavy atom. The molecule has 0 aromatic rings. The quantitative estimate of drug-likeness (QED) is 0.0345. The van der Waals surface area contributed by atoms with Crippen LogP contribution in [0.2, 0.25) is 0 Å². The van der Waals surface area contributed by atoms with Gasteiger partial charge < -0.3 is 14.2 Å². The fourth-order valence-electron chi connectivity index (χ4n) is 7.55. The van der Waals surface area contributed by atoms with E-state index in [1.54, 1.807) is 0 Å². The monoisotopic (exact) mass is 967 g/mol. The minimum absolute atomic E-state index is 0.000749. The molecule has 1 unspecified atom stereocenters. The topological polar surface area (TPSA) is 61.8 Å². The van der Waals surface area contributed by atoms with Crippen LogP contribution in [0.1, 0.15) is 239 Å². The van der Waals surface area contributed by atoms with Crippen LogP contribution in [0.25, 0.3) is 0 Å². The minimum Gasteiger partial charge on any atom is -0.462 e. The molecule has 70 heavy (non-hydrogen) atoms. The van der Waals surface area contributed by atoms with Gasteiger partial charge in [-0.3, -0.25) is 9.59 Å². The first kappa shape index (κ1) is 66.0. The van der Waals surface area contributed by atoms with Gasteiger partial charge in [-0.15, -0.1) is 0 Å². The molecule has 0 bridgehead atoms. The molecule has 0 saturated carbocycles. The van der Waals surface area contributed by atoms with Gasteiger partial charge in [0, 0.05) is 13.0 Å². The highest BCUT2D eigenvalue weighted by molar-refractivity contribution is 5.71. The molecule has 0 N–H and O–H groups in total. The second-order valence-corrected chi connectivity index (χ2v) is 18.5. The lowest BCUT2D eigenvalue weighted by atomic mass is 10.0. The molecule has 0 radical (unpaired) electrons. The van der Waals surface area contributed by atoms with Crippen molar-refractivity contribution in [1.82, 2.24) is 0 Å². The second kappa shape index (κ2) is 59.3. The maximum Gasteiger partial charge on any atom is 0.310 e. The van der Waals surface area contributed by atoms with E-state index < -0.39 is 6.10 Å². The van der Waals surface area contributed by atoms with Crippen LogP contribution in [-0.4, -0.2) is 37.9 Å². The van der Waals surface area contributed by atoms with Gasteiger partial charge in [-0.25, -0.2) is 0 Å². The Labute approximate surface area is 432 Å². The zero-order valence-electron chi connectivity index (χ0n) is 45.5. The number of ether oxygens (including phenoxy) is 3. The van der Waals surface area contributed by atoms with Crippen molar-refractivity contribution < 1.29 is 23.8 Å². The van der Waals surface area contributed by atoms with Crippen LogP contribution in [0.4, 0.5) is 0 Å². The molecular formula is C65H106O5. The van der Waals surface area contributed by atoms with Crippen LogP contribution >= 0.6 is 0 Å². The van der Waals surface area contributed by atoms with Gasteiger partial charge in [-0.2, -0.15) is 0 Å². The Balaban J connectivity index is 4.47. The summed E-state index contributed by atoms with van der Waals surface area (Å²) in [6.07, 6.45) is 85.2. The third kappa shape index (κ3) is 56.6. The van der Waals surface area contributed by atoms with Crippen molar-refractivity contribution in [2.75, 3.05) is 19.8 Å². The number of hydrogen-bond donors (Lipinski definition) is 0. The van der Waals surface area contributed by atoms with Crippen LogP contribution in [0.15, 0.2) is 134 Å². The molecule has 0 amide bonds.